The number of aliphatic hydroxyl groups excluding tert-OH is 2. The number of rotatable bonds is 6. The molecule has 3 heterocycles. The minimum Gasteiger partial charge on any atom is -0.394 e. The third kappa shape index (κ3) is 7.55. The summed E-state index contributed by atoms with van der Waals surface area (Å²) >= 11 is 1.71. The molecule has 0 spiro atoms. The van der Waals surface area contributed by atoms with Gasteiger partial charge in [-0.15, -0.1) is 11.3 Å². The number of ketones is 1. The molecule has 3 aromatic rings. The summed E-state index contributed by atoms with van der Waals surface area (Å²) in [5, 5.41) is 22.6. The molecule has 37 heavy (non-hydrogen) atoms. The highest BCUT2D eigenvalue weighted by atomic mass is 32.1. The van der Waals surface area contributed by atoms with Gasteiger partial charge in [0.1, 0.15) is 11.6 Å². The lowest BCUT2D eigenvalue weighted by molar-refractivity contribution is -0.118. The topological polar surface area (TPSA) is 78.8 Å². The molecule has 4 atom stereocenters. The van der Waals surface area contributed by atoms with Crippen LogP contribution in [0, 0.1) is 12.7 Å². The molecule has 2 saturated heterocycles. The van der Waals surface area contributed by atoms with Gasteiger partial charge in [-0.05, 0) is 79.8 Å². The van der Waals surface area contributed by atoms with Gasteiger partial charge in [-0.3, -0.25) is 4.79 Å². The van der Waals surface area contributed by atoms with Crippen molar-refractivity contribution in [2.75, 3.05) is 13.2 Å². The van der Waals surface area contributed by atoms with Crippen LogP contribution in [0.3, 0.4) is 0 Å². The van der Waals surface area contributed by atoms with E-state index in [1.807, 2.05) is 6.07 Å². The van der Waals surface area contributed by atoms with Gasteiger partial charge < -0.3 is 20.3 Å². The van der Waals surface area contributed by atoms with Crippen LogP contribution >= 0.6 is 11.3 Å². The number of aliphatic hydroxyl groups is 2. The minimum atomic E-state index is -0.453. The molecule has 2 fully saturated rings. The van der Waals surface area contributed by atoms with Gasteiger partial charge in [0.2, 0.25) is 0 Å². The fourth-order valence-electron chi connectivity index (χ4n) is 4.87. The van der Waals surface area contributed by atoms with Gasteiger partial charge >= 0.3 is 0 Å². The highest BCUT2D eigenvalue weighted by molar-refractivity contribution is 7.15. The van der Waals surface area contributed by atoms with Crippen LogP contribution in [0.15, 0.2) is 54.6 Å². The number of Topliss-reactive ketones (excluding diaryl/α,β-unsaturated/α-hetero) is 1. The second-order valence-electron chi connectivity index (χ2n) is 9.95. The molecule has 0 radical (unpaired) electrons. The Kier molecular flexibility index (Phi) is 9.62. The van der Waals surface area contributed by atoms with Crippen LogP contribution in [-0.4, -0.2) is 47.4 Å². The first-order valence-electron chi connectivity index (χ1n) is 12.9. The molecular formula is C30H36FNO4S. The van der Waals surface area contributed by atoms with Gasteiger partial charge in [0.25, 0.3) is 0 Å². The molecule has 1 aromatic heterocycles. The monoisotopic (exact) mass is 525 g/mol. The lowest BCUT2D eigenvalue weighted by Gasteiger charge is -2.32. The van der Waals surface area contributed by atoms with Crippen LogP contribution in [0.5, 0.6) is 0 Å². The van der Waals surface area contributed by atoms with E-state index in [1.165, 1.54) is 28.1 Å². The molecule has 0 amide bonds. The second-order valence-corrected chi connectivity index (χ2v) is 11.1. The standard InChI is InChI=1S/C24H25FO3S.C6H11NO/c1-15-2-3-17(23-13-20(27)12-21(14-26)28-23)10-18(15)11-22-8-9-24(29-22)16-4-6-19(25)7-5-16;1-5(8)6-3-2-4-7-6/h2-10,20-21,23,26-27H,11-14H2,1H3;6-7H,2-4H2,1H3/t;6-/m.0/s1. The molecule has 3 unspecified atom stereocenters. The normalized spacial score (nSPS) is 23.4. The van der Waals surface area contributed by atoms with E-state index < -0.39 is 6.10 Å². The van der Waals surface area contributed by atoms with Crippen LogP contribution in [0.4, 0.5) is 4.39 Å². The zero-order valence-electron chi connectivity index (χ0n) is 21.5. The Morgan fingerprint density at radius 2 is 1.92 bits per heavy atom. The van der Waals surface area contributed by atoms with Crippen molar-refractivity contribution >= 4 is 17.1 Å². The molecule has 2 aromatic carbocycles. The smallest absolute Gasteiger partial charge is 0.146 e. The van der Waals surface area contributed by atoms with E-state index in [2.05, 4.69) is 36.5 Å². The predicted octanol–water partition coefficient (Wildman–Crippen LogP) is 5.35. The first-order valence-corrected chi connectivity index (χ1v) is 13.8. The van der Waals surface area contributed by atoms with Gasteiger partial charge in [0.05, 0.1) is 31.0 Å². The maximum atomic E-state index is 13.2. The third-order valence-electron chi connectivity index (χ3n) is 7.03. The van der Waals surface area contributed by atoms with E-state index in [0.29, 0.717) is 12.8 Å². The number of hydrogen-bond donors (Lipinski definition) is 3. The lowest BCUT2D eigenvalue weighted by atomic mass is 9.93. The van der Waals surface area contributed by atoms with Crippen molar-refractivity contribution in [3.8, 4) is 10.4 Å². The number of halogens is 1. The fourth-order valence-corrected chi connectivity index (χ4v) is 5.90. The zero-order chi connectivity index (χ0) is 26.4. The van der Waals surface area contributed by atoms with E-state index >= 15 is 0 Å². The number of thiophene rings is 1. The van der Waals surface area contributed by atoms with Gasteiger partial charge in [0, 0.05) is 29.0 Å². The Morgan fingerprint density at radius 3 is 2.57 bits per heavy atom. The summed E-state index contributed by atoms with van der Waals surface area (Å²) in [5.41, 5.74) is 4.49. The summed E-state index contributed by atoms with van der Waals surface area (Å²) in [4.78, 5) is 12.9. The highest BCUT2D eigenvalue weighted by Crippen LogP contribution is 2.34. The maximum absolute atomic E-state index is 13.2. The Hall–Kier alpha value is -2.42. The number of benzene rings is 2. The first-order chi connectivity index (χ1) is 17.8. The van der Waals surface area contributed by atoms with Crippen LogP contribution in [0.1, 0.15) is 60.3 Å². The molecule has 5 rings (SSSR count). The van der Waals surface area contributed by atoms with Crippen molar-refractivity contribution < 1.29 is 24.1 Å². The maximum Gasteiger partial charge on any atom is 0.146 e. The molecule has 0 bridgehead atoms. The van der Waals surface area contributed by atoms with Crippen LogP contribution in [0.2, 0.25) is 0 Å². The molecule has 3 N–H and O–H groups in total. The minimum absolute atomic E-state index is 0.0758. The molecule has 2 aliphatic heterocycles. The first kappa shape index (κ1) is 27.6. The van der Waals surface area contributed by atoms with E-state index in [9.17, 15) is 19.4 Å². The lowest BCUT2D eigenvalue weighted by Crippen LogP contribution is -2.33. The number of ether oxygens (including phenoxy) is 1. The Bertz CT molecular complexity index is 1170. The van der Waals surface area contributed by atoms with Crippen molar-refractivity contribution in [2.45, 2.75) is 70.3 Å². The molecule has 0 aliphatic carbocycles. The van der Waals surface area contributed by atoms with Crippen LogP contribution < -0.4 is 5.32 Å². The molecule has 0 saturated carbocycles. The summed E-state index contributed by atoms with van der Waals surface area (Å²) in [6, 6.07) is 17.3. The van der Waals surface area contributed by atoms with E-state index in [1.54, 1.807) is 30.4 Å². The van der Waals surface area contributed by atoms with Crippen molar-refractivity contribution in [2.24, 2.45) is 0 Å². The van der Waals surface area contributed by atoms with Gasteiger partial charge in [-0.2, -0.15) is 0 Å². The van der Waals surface area contributed by atoms with Gasteiger partial charge in [-0.25, -0.2) is 4.39 Å². The molecule has 5 nitrogen and oxygen atoms in total. The van der Waals surface area contributed by atoms with E-state index in [4.69, 9.17) is 4.74 Å². The molecule has 7 heteroatoms. The summed E-state index contributed by atoms with van der Waals surface area (Å²) in [6.45, 7) is 4.68. The van der Waals surface area contributed by atoms with Gasteiger partial charge in [0.15, 0.2) is 0 Å². The Labute approximate surface area is 222 Å². The van der Waals surface area contributed by atoms with Crippen LogP contribution in [0.25, 0.3) is 10.4 Å². The Morgan fingerprint density at radius 1 is 1.14 bits per heavy atom. The van der Waals surface area contributed by atoms with Gasteiger partial charge in [-0.1, -0.05) is 30.3 Å². The number of carbonyl (C=O) groups is 1. The summed E-state index contributed by atoms with van der Waals surface area (Å²) in [7, 11) is 0. The Balaban J connectivity index is 0.000000342. The van der Waals surface area contributed by atoms with Crippen molar-refractivity contribution in [3.63, 3.8) is 0 Å². The van der Waals surface area contributed by atoms with Crippen molar-refractivity contribution in [1.82, 2.24) is 5.32 Å². The average Bonchev–Trinajstić information content (AvgIpc) is 3.59. The molecule has 2 aliphatic rings. The predicted molar refractivity (Wildman–Crippen MR) is 145 cm³/mol. The fraction of sp³-hybridized carbons (Fsp3) is 0.433. The van der Waals surface area contributed by atoms with Crippen LogP contribution in [-0.2, 0) is 16.0 Å². The van der Waals surface area contributed by atoms with Crippen molar-refractivity contribution in [1.29, 1.82) is 0 Å². The molecular weight excluding hydrogens is 489 g/mol. The summed E-state index contributed by atoms with van der Waals surface area (Å²) in [6.07, 6.45) is 3.06. The third-order valence-corrected chi connectivity index (χ3v) is 8.17. The quantitative estimate of drug-likeness (QED) is 0.404. The summed E-state index contributed by atoms with van der Waals surface area (Å²) < 4.78 is 19.1. The highest BCUT2D eigenvalue weighted by Gasteiger charge is 2.29. The van der Waals surface area contributed by atoms with E-state index in [0.717, 1.165) is 41.8 Å². The van der Waals surface area contributed by atoms with Crippen molar-refractivity contribution in [3.05, 3.63) is 82.0 Å². The number of carbonyl (C=O) groups excluding carboxylic acids is 1. The zero-order valence-corrected chi connectivity index (χ0v) is 22.3. The van der Waals surface area contributed by atoms with E-state index in [-0.39, 0.29) is 36.5 Å². The SMILES string of the molecule is CC(=O)[C@@H]1CCCN1.Cc1ccc(C2CC(O)CC(CO)O2)cc1Cc1ccc(-c2ccc(F)cc2)s1. The number of hydrogen-bond acceptors (Lipinski definition) is 6. The number of nitrogens with one attached hydrogen (secondary N) is 1. The molecule has 198 valence electrons. The largest absolute Gasteiger partial charge is 0.394 e. The summed E-state index contributed by atoms with van der Waals surface area (Å²) in [5.74, 6) is 0.0546. The average molecular weight is 526 g/mol. The second kappa shape index (κ2) is 12.9. The number of aryl methyl sites for hydroxylation is 1.